The number of hydrogen-bond donors (Lipinski definition) is 4. The lowest BCUT2D eigenvalue weighted by Gasteiger charge is -2.21. The van der Waals surface area contributed by atoms with Crippen LogP contribution in [0.5, 0.6) is 0 Å². The molecule has 0 aromatic heterocycles. The smallest absolute Gasteiger partial charge is 0.259 e. The van der Waals surface area contributed by atoms with Gasteiger partial charge in [-0.3, -0.25) is 14.3 Å². The van der Waals surface area contributed by atoms with E-state index >= 15 is 0 Å². The molecule has 0 aromatic rings. The number of sulfonamides is 1. The Kier molecular flexibility index (Phi) is 4.85. The van der Waals surface area contributed by atoms with Gasteiger partial charge in [0.05, 0.1) is 11.3 Å². The molecule has 3 aliphatic rings. The second kappa shape index (κ2) is 6.61. The van der Waals surface area contributed by atoms with Crippen molar-refractivity contribution in [1.29, 1.82) is 0 Å². The van der Waals surface area contributed by atoms with Crippen LogP contribution in [0.1, 0.15) is 44.9 Å². The van der Waals surface area contributed by atoms with Crippen LogP contribution in [0.4, 0.5) is 0 Å². The molecule has 2 amide bonds. The zero-order valence-electron chi connectivity index (χ0n) is 13.6. The highest BCUT2D eigenvalue weighted by Crippen LogP contribution is 2.47. The van der Waals surface area contributed by atoms with Crippen LogP contribution in [0, 0.1) is 5.92 Å². The molecule has 4 N–H and O–H groups in total. The van der Waals surface area contributed by atoms with Gasteiger partial charge in [-0.2, -0.15) is 0 Å². The second-order valence-corrected chi connectivity index (χ2v) is 9.01. The molecule has 3 fully saturated rings. The van der Waals surface area contributed by atoms with Gasteiger partial charge in [0.2, 0.25) is 15.9 Å². The highest BCUT2D eigenvalue weighted by Gasteiger charge is 2.61. The van der Waals surface area contributed by atoms with Gasteiger partial charge in [0.25, 0.3) is 5.91 Å². The summed E-state index contributed by atoms with van der Waals surface area (Å²) in [5.41, 5.74) is -1.15. The maximum atomic E-state index is 12.6. The lowest BCUT2D eigenvalue weighted by Crippen LogP contribution is -2.55. The fraction of sp³-hybridized carbons (Fsp3) is 0.867. The molecule has 1 aliphatic heterocycles. The standard InChI is InChI=1S/C15H25N3O5S/c19-8-2-3-10-9-15(10,17-13(20)12-4-1-7-16-12)14(21)18-24(22,23)11-5-6-11/h10-12,16,19H,1-9H2,(H,17,20)(H,18,21)/t10-,12?,15-/m1/s1. The number of aliphatic hydroxyl groups is 1. The van der Waals surface area contributed by atoms with E-state index in [4.69, 9.17) is 5.11 Å². The topological polar surface area (TPSA) is 125 Å². The predicted molar refractivity (Wildman–Crippen MR) is 86.4 cm³/mol. The van der Waals surface area contributed by atoms with Gasteiger partial charge in [0, 0.05) is 6.61 Å². The average Bonchev–Trinajstić information content (AvgIpc) is 3.43. The van der Waals surface area contributed by atoms with Crippen LogP contribution in [0.15, 0.2) is 0 Å². The molecule has 1 unspecified atom stereocenters. The van der Waals surface area contributed by atoms with Crippen molar-refractivity contribution >= 4 is 21.8 Å². The van der Waals surface area contributed by atoms with Gasteiger partial charge in [-0.1, -0.05) is 0 Å². The Morgan fingerprint density at radius 2 is 2.00 bits per heavy atom. The molecule has 1 heterocycles. The fourth-order valence-corrected chi connectivity index (χ4v) is 4.76. The van der Waals surface area contributed by atoms with Crippen LogP contribution < -0.4 is 15.4 Å². The molecule has 0 spiro atoms. The summed E-state index contributed by atoms with van der Waals surface area (Å²) in [5.74, 6) is -1.02. The van der Waals surface area contributed by atoms with Gasteiger partial charge in [0.1, 0.15) is 5.54 Å². The molecule has 9 heteroatoms. The summed E-state index contributed by atoms with van der Waals surface area (Å²) in [6.07, 6.45) is 4.27. The number of aliphatic hydroxyl groups excluding tert-OH is 1. The van der Waals surface area contributed by atoms with Gasteiger partial charge in [0.15, 0.2) is 0 Å². The summed E-state index contributed by atoms with van der Waals surface area (Å²) in [5, 5.41) is 14.4. The molecule has 24 heavy (non-hydrogen) atoms. The molecule has 8 nitrogen and oxygen atoms in total. The second-order valence-electron chi connectivity index (χ2n) is 7.05. The number of rotatable bonds is 8. The van der Waals surface area contributed by atoms with E-state index in [1.54, 1.807) is 0 Å². The lowest BCUT2D eigenvalue weighted by molar-refractivity contribution is -0.130. The van der Waals surface area contributed by atoms with E-state index < -0.39 is 26.7 Å². The average molecular weight is 359 g/mol. The van der Waals surface area contributed by atoms with Crippen molar-refractivity contribution < 1.29 is 23.1 Å². The van der Waals surface area contributed by atoms with Crippen LogP contribution in [0.2, 0.25) is 0 Å². The molecule has 3 rings (SSSR count). The van der Waals surface area contributed by atoms with E-state index in [0.717, 1.165) is 13.0 Å². The minimum atomic E-state index is -3.64. The normalized spacial score (nSPS) is 32.4. The quantitative estimate of drug-likeness (QED) is 0.440. The van der Waals surface area contributed by atoms with E-state index in [1.807, 2.05) is 0 Å². The van der Waals surface area contributed by atoms with Crippen LogP contribution in [0.25, 0.3) is 0 Å². The molecule has 2 aliphatic carbocycles. The number of nitrogens with one attached hydrogen (secondary N) is 3. The Balaban J connectivity index is 1.68. The summed E-state index contributed by atoms with van der Waals surface area (Å²) in [6.45, 7) is 0.772. The summed E-state index contributed by atoms with van der Waals surface area (Å²) < 4.78 is 26.2. The van der Waals surface area contributed by atoms with Crippen molar-refractivity contribution in [2.45, 2.75) is 61.8 Å². The summed E-state index contributed by atoms with van der Waals surface area (Å²) >= 11 is 0. The minimum absolute atomic E-state index is 0.00665. The third-order valence-corrected chi connectivity index (χ3v) is 6.96. The Hall–Kier alpha value is -1.19. The Morgan fingerprint density at radius 3 is 2.58 bits per heavy atom. The first-order valence-corrected chi connectivity index (χ1v) is 10.2. The van der Waals surface area contributed by atoms with E-state index in [-0.39, 0.29) is 24.5 Å². The highest BCUT2D eigenvalue weighted by atomic mass is 32.2. The highest BCUT2D eigenvalue weighted by molar-refractivity contribution is 7.90. The zero-order valence-corrected chi connectivity index (χ0v) is 14.4. The van der Waals surface area contributed by atoms with Crippen LogP contribution in [-0.4, -0.2) is 55.3 Å². The predicted octanol–water partition coefficient (Wildman–Crippen LogP) is -1.01. The van der Waals surface area contributed by atoms with Crippen LogP contribution in [-0.2, 0) is 19.6 Å². The molecule has 0 bridgehead atoms. The number of hydrogen-bond acceptors (Lipinski definition) is 6. The molecular weight excluding hydrogens is 334 g/mol. The first-order chi connectivity index (χ1) is 11.4. The van der Waals surface area contributed by atoms with Crippen molar-refractivity contribution in [3.8, 4) is 0 Å². The summed E-state index contributed by atoms with van der Waals surface area (Å²) in [7, 11) is -3.64. The number of amides is 2. The molecule has 3 atom stereocenters. The first-order valence-electron chi connectivity index (χ1n) is 8.61. The molecule has 0 aromatic carbocycles. The summed E-state index contributed by atoms with van der Waals surface area (Å²) in [6, 6.07) is -0.325. The minimum Gasteiger partial charge on any atom is -0.396 e. The molecule has 136 valence electrons. The van der Waals surface area contributed by atoms with Crippen molar-refractivity contribution in [3.05, 3.63) is 0 Å². The SMILES string of the molecule is O=C(N[C@]1(C(=O)NS(=O)(=O)C2CC2)C[C@H]1CCCO)C1CCCN1. The van der Waals surface area contributed by atoms with E-state index in [1.165, 1.54) is 0 Å². The zero-order chi connectivity index (χ0) is 17.4. The van der Waals surface area contributed by atoms with E-state index in [0.29, 0.717) is 38.5 Å². The van der Waals surface area contributed by atoms with Crippen molar-refractivity contribution in [1.82, 2.24) is 15.4 Å². The van der Waals surface area contributed by atoms with Gasteiger partial charge >= 0.3 is 0 Å². The molecule has 0 radical (unpaired) electrons. The van der Waals surface area contributed by atoms with Crippen molar-refractivity contribution in [3.63, 3.8) is 0 Å². The molecule has 1 saturated heterocycles. The Labute approximate surface area is 141 Å². The molecule has 2 saturated carbocycles. The third-order valence-electron chi connectivity index (χ3n) is 5.14. The van der Waals surface area contributed by atoms with Gasteiger partial charge in [-0.05, 0) is 57.4 Å². The lowest BCUT2D eigenvalue weighted by atomic mass is 10.1. The maximum Gasteiger partial charge on any atom is 0.259 e. The largest absolute Gasteiger partial charge is 0.396 e. The Morgan fingerprint density at radius 1 is 1.25 bits per heavy atom. The number of carbonyl (C=O) groups excluding carboxylic acids is 2. The van der Waals surface area contributed by atoms with E-state index in [9.17, 15) is 18.0 Å². The van der Waals surface area contributed by atoms with Gasteiger partial charge < -0.3 is 15.7 Å². The maximum absolute atomic E-state index is 12.6. The number of carbonyl (C=O) groups is 2. The fourth-order valence-electron chi connectivity index (χ4n) is 3.40. The van der Waals surface area contributed by atoms with Gasteiger partial charge in [-0.25, -0.2) is 8.42 Å². The van der Waals surface area contributed by atoms with Crippen molar-refractivity contribution in [2.75, 3.05) is 13.2 Å². The first kappa shape index (κ1) is 17.6. The molecular formula is C15H25N3O5S. The van der Waals surface area contributed by atoms with E-state index in [2.05, 4.69) is 15.4 Å². The van der Waals surface area contributed by atoms with Crippen molar-refractivity contribution in [2.24, 2.45) is 5.92 Å². The third kappa shape index (κ3) is 3.57. The summed E-state index contributed by atoms with van der Waals surface area (Å²) in [4.78, 5) is 25.0. The van der Waals surface area contributed by atoms with Crippen LogP contribution in [0.3, 0.4) is 0 Å². The van der Waals surface area contributed by atoms with Gasteiger partial charge in [-0.15, -0.1) is 0 Å². The Bertz CT molecular complexity index is 613. The van der Waals surface area contributed by atoms with Crippen LogP contribution >= 0.6 is 0 Å². The monoisotopic (exact) mass is 359 g/mol.